The minimum Gasteiger partial charge on any atom is -0.299 e. The Morgan fingerprint density at radius 2 is 1.90 bits per heavy atom. The number of aryl methyl sites for hydroxylation is 2. The Kier molecular flexibility index (Phi) is 5.90. The van der Waals surface area contributed by atoms with E-state index < -0.39 is 10.0 Å². The van der Waals surface area contributed by atoms with Crippen LogP contribution in [-0.2, 0) is 30.2 Å². The van der Waals surface area contributed by atoms with Crippen LogP contribution in [0.3, 0.4) is 0 Å². The van der Waals surface area contributed by atoms with Gasteiger partial charge in [0.2, 0.25) is 10.0 Å². The van der Waals surface area contributed by atoms with Gasteiger partial charge in [-0.15, -0.1) is 0 Å². The quantitative estimate of drug-likeness (QED) is 0.654. The molecule has 0 unspecified atom stereocenters. The van der Waals surface area contributed by atoms with Crippen molar-refractivity contribution in [1.29, 1.82) is 0 Å². The molecule has 0 atom stereocenters. The zero-order valence-electron chi connectivity index (χ0n) is 17.8. The maximum absolute atomic E-state index is 12.8. The summed E-state index contributed by atoms with van der Waals surface area (Å²) in [6.45, 7) is 7.57. The Morgan fingerprint density at radius 1 is 1.17 bits per heavy atom. The number of pyridine rings is 1. The lowest BCUT2D eigenvalue weighted by molar-refractivity contribution is 0.185. The second-order valence-electron chi connectivity index (χ2n) is 8.35. The number of likely N-dealkylation sites (tertiary alicyclic amines) is 1. The second kappa shape index (κ2) is 8.45. The summed E-state index contributed by atoms with van der Waals surface area (Å²) in [5, 5.41) is 5.05. The van der Waals surface area contributed by atoms with Crippen LogP contribution in [0.2, 0.25) is 0 Å². The van der Waals surface area contributed by atoms with Crippen molar-refractivity contribution in [3.63, 3.8) is 0 Å². The first-order valence-corrected chi connectivity index (χ1v) is 11.9. The third kappa shape index (κ3) is 4.55. The number of nitrogens with one attached hydrogen (secondary N) is 1. The molecule has 3 aromatic rings. The van der Waals surface area contributed by atoms with Gasteiger partial charge in [-0.05, 0) is 56.0 Å². The first kappa shape index (κ1) is 21.0. The van der Waals surface area contributed by atoms with Gasteiger partial charge in [-0.1, -0.05) is 31.2 Å². The lowest BCUT2D eigenvalue weighted by Gasteiger charge is -2.30. The summed E-state index contributed by atoms with van der Waals surface area (Å²) >= 11 is 0. The zero-order chi connectivity index (χ0) is 21.3. The highest BCUT2D eigenvalue weighted by molar-refractivity contribution is 7.89. The molecule has 1 aromatic carbocycles. The predicted octanol–water partition coefficient (Wildman–Crippen LogP) is 2.99. The number of sulfonamides is 1. The highest BCUT2D eigenvalue weighted by Crippen LogP contribution is 2.20. The molecule has 1 fully saturated rings. The van der Waals surface area contributed by atoms with Crippen LogP contribution < -0.4 is 4.72 Å². The van der Waals surface area contributed by atoms with E-state index in [2.05, 4.69) is 38.8 Å². The van der Waals surface area contributed by atoms with E-state index >= 15 is 0 Å². The number of piperidine rings is 1. The minimum atomic E-state index is -3.66. The molecule has 0 aliphatic carbocycles. The lowest BCUT2D eigenvalue weighted by atomic mass is 9.98. The van der Waals surface area contributed by atoms with Gasteiger partial charge in [-0.25, -0.2) is 18.1 Å². The van der Waals surface area contributed by atoms with Gasteiger partial charge >= 0.3 is 0 Å². The molecule has 1 aliphatic heterocycles. The van der Waals surface area contributed by atoms with Crippen molar-refractivity contribution in [2.75, 3.05) is 13.1 Å². The van der Waals surface area contributed by atoms with Gasteiger partial charge in [-0.3, -0.25) is 9.58 Å². The second-order valence-corrected chi connectivity index (χ2v) is 10.1. The molecule has 30 heavy (non-hydrogen) atoms. The molecule has 4 rings (SSSR count). The zero-order valence-corrected chi connectivity index (χ0v) is 18.6. The Labute approximate surface area is 178 Å². The Balaban J connectivity index is 1.44. The third-order valence-electron chi connectivity index (χ3n) is 5.89. The summed E-state index contributed by atoms with van der Waals surface area (Å²) in [6.07, 6.45) is 3.88. The van der Waals surface area contributed by atoms with Crippen LogP contribution in [0.1, 0.15) is 36.6 Å². The van der Waals surface area contributed by atoms with Crippen molar-refractivity contribution in [2.24, 2.45) is 13.0 Å². The summed E-state index contributed by atoms with van der Waals surface area (Å²) in [5.74, 6) is 0.811. The fraction of sp³-hybridized carbons (Fsp3) is 0.455. The van der Waals surface area contributed by atoms with E-state index in [0.717, 1.165) is 42.2 Å². The van der Waals surface area contributed by atoms with Gasteiger partial charge in [-0.2, -0.15) is 5.10 Å². The average Bonchev–Trinajstić information content (AvgIpc) is 3.02. The highest BCUT2D eigenvalue weighted by atomic mass is 32.2. The van der Waals surface area contributed by atoms with Crippen LogP contribution in [0, 0.1) is 12.8 Å². The molecule has 0 saturated carbocycles. The number of hydrogen-bond donors (Lipinski definition) is 1. The number of benzene rings is 1. The molecule has 0 amide bonds. The standard InChI is InChI=1S/C22H29N5O2S/c1-16-7-9-27(10-8-16)15-19-6-4-5-18(11-19)13-24-30(28,29)20-12-21-17(2)25-26(3)22(21)23-14-20/h4-6,11-12,14,16,24H,7-10,13,15H2,1-3H3. The largest absolute Gasteiger partial charge is 0.299 e. The molecule has 0 spiro atoms. The number of fused-ring (bicyclic) bond motifs is 1. The number of aromatic nitrogens is 3. The summed E-state index contributed by atoms with van der Waals surface area (Å²) in [5.41, 5.74) is 3.60. The molecule has 8 heteroatoms. The van der Waals surface area contributed by atoms with Crippen LogP contribution in [-0.4, -0.2) is 41.2 Å². The summed E-state index contributed by atoms with van der Waals surface area (Å²) in [6, 6.07) is 9.79. The maximum atomic E-state index is 12.8. The summed E-state index contributed by atoms with van der Waals surface area (Å²) < 4.78 is 30.0. The van der Waals surface area contributed by atoms with Crippen LogP contribution in [0.25, 0.3) is 11.0 Å². The van der Waals surface area contributed by atoms with E-state index in [1.54, 1.807) is 17.8 Å². The molecule has 2 aromatic heterocycles. The van der Waals surface area contributed by atoms with Crippen LogP contribution in [0.4, 0.5) is 0 Å². The van der Waals surface area contributed by atoms with E-state index in [1.165, 1.54) is 24.6 Å². The Morgan fingerprint density at radius 3 is 2.67 bits per heavy atom. The van der Waals surface area contributed by atoms with Gasteiger partial charge in [0.1, 0.15) is 4.90 Å². The third-order valence-corrected chi connectivity index (χ3v) is 7.26. The lowest BCUT2D eigenvalue weighted by Crippen LogP contribution is -2.32. The molecular formula is C22H29N5O2S. The normalized spacial score (nSPS) is 16.4. The van der Waals surface area contributed by atoms with Gasteiger partial charge in [0, 0.05) is 31.7 Å². The first-order valence-electron chi connectivity index (χ1n) is 10.4. The van der Waals surface area contributed by atoms with Crippen LogP contribution in [0.15, 0.2) is 41.4 Å². The average molecular weight is 428 g/mol. The SMILES string of the molecule is Cc1nn(C)c2ncc(S(=O)(=O)NCc3cccc(CN4CCC(C)CC4)c3)cc12. The van der Waals surface area contributed by atoms with Gasteiger partial charge in [0.05, 0.1) is 5.69 Å². The monoisotopic (exact) mass is 427 g/mol. The summed E-state index contributed by atoms with van der Waals surface area (Å²) in [4.78, 5) is 6.91. The van der Waals surface area contributed by atoms with E-state index in [-0.39, 0.29) is 11.4 Å². The van der Waals surface area contributed by atoms with E-state index in [9.17, 15) is 8.42 Å². The van der Waals surface area contributed by atoms with Gasteiger partial charge < -0.3 is 0 Å². The predicted molar refractivity (Wildman–Crippen MR) is 117 cm³/mol. The van der Waals surface area contributed by atoms with Crippen molar-refractivity contribution >= 4 is 21.1 Å². The molecule has 1 saturated heterocycles. The van der Waals surface area contributed by atoms with Crippen LogP contribution >= 0.6 is 0 Å². The first-order chi connectivity index (χ1) is 14.3. The molecule has 160 valence electrons. The molecule has 1 N–H and O–H groups in total. The minimum absolute atomic E-state index is 0.157. The molecule has 3 heterocycles. The van der Waals surface area contributed by atoms with Gasteiger partial charge in [0.15, 0.2) is 5.65 Å². The van der Waals surface area contributed by atoms with Crippen molar-refractivity contribution in [1.82, 2.24) is 24.4 Å². The van der Waals surface area contributed by atoms with Crippen molar-refractivity contribution in [3.05, 3.63) is 53.3 Å². The molecule has 0 bridgehead atoms. The molecule has 7 nitrogen and oxygen atoms in total. The fourth-order valence-electron chi connectivity index (χ4n) is 4.01. The van der Waals surface area contributed by atoms with Crippen LogP contribution in [0.5, 0.6) is 0 Å². The fourth-order valence-corrected chi connectivity index (χ4v) is 5.00. The maximum Gasteiger partial charge on any atom is 0.242 e. The van der Waals surface area contributed by atoms with Crippen molar-refractivity contribution in [3.8, 4) is 0 Å². The molecule has 1 aliphatic rings. The van der Waals surface area contributed by atoms with E-state index in [4.69, 9.17) is 0 Å². The molecule has 0 radical (unpaired) electrons. The van der Waals surface area contributed by atoms with E-state index in [1.807, 2.05) is 19.1 Å². The highest BCUT2D eigenvalue weighted by Gasteiger charge is 2.18. The number of hydrogen-bond acceptors (Lipinski definition) is 5. The van der Waals surface area contributed by atoms with Crippen molar-refractivity contribution in [2.45, 2.75) is 44.7 Å². The summed E-state index contributed by atoms with van der Waals surface area (Å²) in [7, 11) is -1.87. The van der Waals surface area contributed by atoms with Crippen molar-refractivity contribution < 1.29 is 8.42 Å². The van der Waals surface area contributed by atoms with E-state index in [0.29, 0.717) is 5.65 Å². The Hall–Kier alpha value is -2.29. The van der Waals surface area contributed by atoms with Gasteiger partial charge in [0.25, 0.3) is 0 Å². The Bertz CT molecular complexity index is 1150. The molecular weight excluding hydrogens is 398 g/mol. The topological polar surface area (TPSA) is 80.1 Å². The number of rotatable bonds is 6. The number of nitrogens with zero attached hydrogens (tertiary/aromatic N) is 4. The smallest absolute Gasteiger partial charge is 0.242 e.